The summed E-state index contributed by atoms with van der Waals surface area (Å²) < 4.78 is 6.16. The molecule has 2 N–H and O–H groups in total. The van der Waals surface area contributed by atoms with E-state index in [9.17, 15) is 10.2 Å². The van der Waals surface area contributed by atoms with E-state index in [1.165, 1.54) is 22.3 Å². The highest BCUT2D eigenvalue weighted by Crippen LogP contribution is 2.53. The Morgan fingerprint density at radius 1 is 0.909 bits per heavy atom. The van der Waals surface area contributed by atoms with E-state index in [0.29, 0.717) is 6.42 Å². The lowest BCUT2D eigenvalue weighted by molar-refractivity contribution is -0.157. The largest absolute Gasteiger partial charge is 0.390 e. The van der Waals surface area contributed by atoms with Crippen molar-refractivity contribution in [2.24, 2.45) is 0 Å². The minimum Gasteiger partial charge on any atom is -0.390 e. The van der Waals surface area contributed by atoms with Crippen molar-refractivity contribution in [2.75, 3.05) is 6.61 Å². The molecule has 3 nitrogen and oxygen atoms in total. The zero-order chi connectivity index (χ0) is 15.5. The molecule has 1 fully saturated rings. The van der Waals surface area contributed by atoms with Crippen LogP contribution in [0.2, 0.25) is 0 Å². The second-order valence-corrected chi connectivity index (χ2v) is 6.57. The van der Waals surface area contributed by atoms with Crippen LogP contribution in [0.1, 0.15) is 28.7 Å². The maximum Gasteiger partial charge on any atom is 0.122 e. The lowest BCUT2D eigenvalue weighted by atomic mass is 9.82. The highest BCUT2D eigenvalue weighted by Gasteiger charge is 2.49. The van der Waals surface area contributed by atoms with Gasteiger partial charge in [-0.3, -0.25) is 0 Å². The van der Waals surface area contributed by atoms with Crippen LogP contribution in [0.5, 0.6) is 0 Å². The Kier molecular flexibility index (Phi) is 2.95. The Bertz CT molecular complexity index is 699. The van der Waals surface area contributed by atoms with Crippen molar-refractivity contribution in [3.05, 3.63) is 58.7 Å². The van der Waals surface area contributed by atoms with E-state index in [-0.39, 0.29) is 6.61 Å². The molecule has 0 bridgehead atoms. The van der Waals surface area contributed by atoms with Gasteiger partial charge < -0.3 is 14.9 Å². The topological polar surface area (TPSA) is 49.7 Å². The van der Waals surface area contributed by atoms with Crippen LogP contribution in [0.15, 0.2) is 36.4 Å². The van der Waals surface area contributed by atoms with Gasteiger partial charge in [-0.15, -0.1) is 0 Å². The fourth-order valence-electron chi connectivity index (χ4n) is 3.80. The van der Waals surface area contributed by atoms with E-state index < -0.39 is 17.8 Å². The molecule has 2 atom stereocenters. The van der Waals surface area contributed by atoms with Gasteiger partial charge in [0.2, 0.25) is 0 Å². The molecule has 1 heterocycles. The summed E-state index contributed by atoms with van der Waals surface area (Å²) in [5.74, 6) is 0. The summed E-state index contributed by atoms with van der Waals surface area (Å²) >= 11 is 0. The predicted molar refractivity (Wildman–Crippen MR) is 84.7 cm³/mol. The van der Waals surface area contributed by atoms with E-state index in [4.69, 9.17) is 4.74 Å². The van der Waals surface area contributed by atoms with E-state index in [1.54, 1.807) is 0 Å². The van der Waals surface area contributed by atoms with E-state index in [2.05, 4.69) is 50.2 Å². The minimum atomic E-state index is -0.812. The molecule has 1 spiro atoms. The van der Waals surface area contributed by atoms with Gasteiger partial charge in [-0.1, -0.05) is 47.5 Å². The maximum atomic E-state index is 10.3. The van der Waals surface area contributed by atoms with Crippen molar-refractivity contribution >= 4 is 0 Å². The average molecular weight is 296 g/mol. The summed E-state index contributed by atoms with van der Waals surface area (Å²) in [5, 5.41) is 20.1. The lowest BCUT2D eigenvalue weighted by Gasteiger charge is -2.40. The molecule has 3 heteroatoms. The normalized spacial score (nSPS) is 25.1. The van der Waals surface area contributed by atoms with Crippen LogP contribution in [-0.2, 0) is 10.3 Å². The molecule has 114 valence electrons. The van der Waals surface area contributed by atoms with Crippen molar-refractivity contribution in [2.45, 2.75) is 38.1 Å². The molecule has 1 aliphatic carbocycles. The molecular formula is C19H20O3. The standard InChI is InChI=1S/C19H20O3/c1-11-3-5-13-14-6-4-12(2)8-16(14)19(15(13)7-11)9-17(20)18(21)10-22-19/h3-8,17-18,20-21H,9-10H2,1-2H3/t17-,18+/m1/s1. The Labute approximate surface area is 130 Å². The van der Waals surface area contributed by atoms with Crippen LogP contribution in [0.25, 0.3) is 11.1 Å². The molecule has 22 heavy (non-hydrogen) atoms. The molecular weight excluding hydrogens is 276 g/mol. The smallest absolute Gasteiger partial charge is 0.122 e. The molecule has 0 saturated carbocycles. The first kappa shape index (κ1) is 13.9. The van der Waals surface area contributed by atoms with Crippen molar-refractivity contribution < 1.29 is 14.9 Å². The molecule has 2 aromatic rings. The minimum absolute atomic E-state index is 0.155. The molecule has 0 unspecified atom stereocenters. The third-order valence-electron chi connectivity index (χ3n) is 4.95. The highest BCUT2D eigenvalue weighted by molar-refractivity contribution is 5.81. The molecule has 1 aliphatic heterocycles. The number of aliphatic hydroxyl groups is 2. The van der Waals surface area contributed by atoms with Crippen LogP contribution in [-0.4, -0.2) is 29.0 Å². The average Bonchev–Trinajstić information content (AvgIpc) is 2.73. The number of hydrogen-bond donors (Lipinski definition) is 2. The Morgan fingerprint density at radius 3 is 1.95 bits per heavy atom. The lowest BCUT2D eigenvalue weighted by Crippen LogP contribution is -2.47. The molecule has 2 aromatic carbocycles. The van der Waals surface area contributed by atoms with Crippen LogP contribution in [0, 0.1) is 13.8 Å². The number of rotatable bonds is 0. The van der Waals surface area contributed by atoms with Gasteiger partial charge >= 0.3 is 0 Å². The SMILES string of the molecule is Cc1ccc2c(c1)C1(C[C@@H](O)[C@@H](O)CO1)c1cc(C)ccc1-2. The number of hydrogen-bond acceptors (Lipinski definition) is 3. The van der Waals surface area contributed by atoms with Crippen LogP contribution < -0.4 is 0 Å². The molecule has 0 radical (unpaired) electrons. The quantitative estimate of drug-likeness (QED) is 0.786. The fourth-order valence-corrected chi connectivity index (χ4v) is 3.80. The molecule has 1 saturated heterocycles. The first-order valence-electron chi connectivity index (χ1n) is 7.74. The summed E-state index contributed by atoms with van der Waals surface area (Å²) in [7, 11) is 0. The number of benzene rings is 2. The zero-order valence-corrected chi connectivity index (χ0v) is 12.8. The maximum absolute atomic E-state index is 10.3. The summed E-state index contributed by atoms with van der Waals surface area (Å²) in [6.45, 7) is 4.29. The van der Waals surface area contributed by atoms with E-state index >= 15 is 0 Å². The molecule has 0 aromatic heterocycles. The third-order valence-corrected chi connectivity index (χ3v) is 4.95. The van der Waals surface area contributed by atoms with Gasteiger partial charge in [0.25, 0.3) is 0 Å². The van der Waals surface area contributed by atoms with Gasteiger partial charge in [0.05, 0.1) is 12.7 Å². The molecule has 2 aliphatic rings. The Morgan fingerprint density at radius 2 is 1.45 bits per heavy atom. The summed E-state index contributed by atoms with van der Waals surface area (Å²) in [6.07, 6.45) is -1.19. The second kappa shape index (κ2) is 4.66. The van der Waals surface area contributed by atoms with Gasteiger partial charge in [-0.2, -0.15) is 0 Å². The van der Waals surface area contributed by atoms with Crippen molar-refractivity contribution in [3.63, 3.8) is 0 Å². The Balaban J connectivity index is 1.98. The second-order valence-electron chi connectivity index (χ2n) is 6.57. The summed E-state index contributed by atoms with van der Waals surface area (Å²) in [6, 6.07) is 12.8. The van der Waals surface area contributed by atoms with Crippen LogP contribution >= 0.6 is 0 Å². The predicted octanol–water partition coefficient (Wildman–Crippen LogP) is 2.67. The van der Waals surface area contributed by atoms with Gasteiger partial charge in [-0.25, -0.2) is 0 Å². The first-order valence-corrected chi connectivity index (χ1v) is 7.74. The van der Waals surface area contributed by atoms with Crippen molar-refractivity contribution in [1.29, 1.82) is 0 Å². The monoisotopic (exact) mass is 296 g/mol. The summed E-state index contributed by atoms with van der Waals surface area (Å²) in [4.78, 5) is 0. The number of ether oxygens (including phenoxy) is 1. The summed E-state index contributed by atoms with van der Waals surface area (Å²) in [5.41, 5.74) is 6.27. The third kappa shape index (κ3) is 1.80. The van der Waals surface area contributed by atoms with Gasteiger partial charge in [-0.05, 0) is 36.1 Å². The number of aryl methyl sites for hydroxylation is 2. The molecule has 4 rings (SSSR count). The highest BCUT2D eigenvalue weighted by atomic mass is 16.5. The van der Waals surface area contributed by atoms with E-state index in [1.807, 2.05) is 0 Å². The van der Waals surface area contributed by atoms with E-state index in [0.717, 1.165) is 11.1 Å². The zero-order valence-electron chi connectivity index (χ0n) is 12.8. The van der Waals surface area contributed by atoms with Gasteiger partial charge in [0, 0.05) is 6.42 Å². The van der Waals surface area contributed by atoms with Crippen LogP contribution in [0.4, 0.5) is 0 Å². The van der Waals surface area contributed by atoms with Crippen molar-refractivity contribution in [1.82, 2.24) is 0 Å². The fraction of sp³-hybridized carbons (Fsp3) is 0.368. The van der Waals surface area contributed by atoms with Gasteiger partial charge in [0.1, 0.15) is 11.7 Å². The van der Waals surface area contributed by atoms with Gasteiger partial charge in [0.15, 0.2) is 0 Å². The first-order chi connectivity index (χ1) is 10.5. The number of fused-ring (bicyclic) bond motifs is 5. The Hall–Kier alpha value is -1.68. The van der Waals surface area contributed by atoms with Crippen LogP contribution in [0.3, 0.4) is 0 Å². The number of aliphatic hydroxyl groups excluding tert-OH is 2. The molecule has 0 amide bonds. The van der Waals surface area contributed by atoms with Crippen molar-refractivity contribution in [3.8, 4) is 11.1 Å².